The van der Waals surface area contributed by atoms with Gasteiger partial charge in [-0.2, -0.15) is 0 Å². The highest BCUT2D eigenvalue weighted by molar-refractivity contribution is 6.07. The molecule has 2 fully saturated rings. The van der Waals surface area contributed by atoms with Crippen molar-refractivity contribution in [2.75, 3.05) is 7.05 Å². The Kier molecular flexibility index (Phi) is 2.36. The highest BCUT2D eigenvalue weighted by Gasteiger charge is 2.53. The summed E-state index contributed by atoms with van der Waals surface area (Å²) in [6.07, 6.45) is 0. The highest BCUT2D eigenvalue weighted by atomic mass is 16.3. The number of carbonyl (C=O) groups excluding carboxylic acids is 2. The van der Waals surface area contributed by atoms with Crippen LogP contribution in [-0.2, 0) is 9.59 Å². The molecule has 2 heterocycles. The van der Waals surface area contributed by atoms with Gasteiger partial charge in [-0.1, -0.05) is 12.1 Å². The summed E-state index contributed by atoms with van der Waals surface area (Å²) in [6.45, 7) is 0. The van der Waals surface area contributed by atoms with Gasteiger partial charge in [0.2, 0.25) is 11.8 Å². The normalized spacial score (nSPS) is 31.5. The van der Waals surface area contributed by atoms with Crippen LogP contribution in [0.1, 0.15) is 11.6 Å². The van der Waals surface area contributed by atoms with Gasteiger partial charge in [0.1, 0.15) is 11.8 Å². The summed E-state index contributed by atoms with van der Waals surface area (Å²) in [5.41, 5.74) is 3.99. The van der Waals surface area contributed by atoms with Gasteiger partial charge in [-0.05, 0) is 17.7 Å². The number of phenols is 1. The first-order valence-corrected chi connectivity index (χ1v) is 5.70. The summed E-state index contributed by atoms with van der Waals surface area (Å²) < 4.78 is 0. The lowest BCUT2D eigenvalue weighted by molar-refractivity contribution is -0.127. The summed E-state index contributed by atoms with van der Waals surface area (Å²) in [7, 11) is 1.75. The number of nitrogens with one attached hydrogen (secondary N) is 2. The van der Waals surface area contributed by atoms with Crippen LogP contribution in [0.2, 0.25) is 0 Å². The quantitative estimate of drug-likeness (QED) is 0.584. The van der Waals surface area contributed by atoms with Crippen LogP contribution in [0.4, 0.5) is 0 Å². The molecular formula is C12H13N3O3. The molecule has 2 amide bonds. The third kappa shape index (κ3) is 1.50. The Morgan fingerprint density at radius 1 is 1.17 bits per heavy atom. The number of amides is 2. The topological polar surface area (TPSA) is 81.7 Å². The third-order valence-electron chi connectivity index (χ3n) is 3.53. The van der Waals surface area contributed by atoms with Crippen LogP contribution in [0.5, 0.6) is 5.75 Å². The van der Waals surface area contributed by atoms with Gasteiger partial charge in [0.25, 0.3) is 0 Å². The molecule has 3 N–H and O–H groups in total. The predicted molar refractivity (Wildman–Crippen MR) is 62.2 cm³/mol. The van der Waals surface area contributed by atoms with Crippen molar-refractivity contribution < 1.29 is 14.7 Å². The number of aromatic hydroxyl groups is 1. The molecule has 0 bridgehead atoms. The second kappa shape index (κ2) is 3.79. The zero-order valence-corrected chi connectivity index (χ0v) is 9.75. The maximum absolute atomic E-state index is 11.8. The lowest BCUT2D eigenvalue weighted by Gasteiger charge is -2.17. The summed E-state index contributed by atoms with van der Waals surface area (Å²) in [5, 5.41) is 13.3. The standard InChI is InChI=1S/C12H13N3O3/c1-15-10-8(11(17)13-12(10)18)9(14-15)6-2-4-7(16)5-3-6/h2-5,8-10,14,16H,1H3,(H,13,17,18)/t8-,9+,10+/m0/s1. The van der Waals surface area contributed by atoms with E-state index in [1.807, 2.05) is 0 Å². The lowest BCUT2D eigenvalue weighted by atomic mass is 9.91. The number of hydrogen-bond acceptors (Lipinski definition) is 5. The molecular weight excluding hydrogens is 234 g/mol. The van der Waals surface area contributed by atoms with E-state index in [4.69, 9.17) is 0 Å². The average molecular weight is 247 g/mol. The second-order valence-electron chi connectivity index (χ2n) is 4.63. The van der Waals surface area contributed by atoms with E-state index in [0.717, 1.165) is 5.56 Å². The first-order valence-electron chi connectivity index (χ1n) is 5.70. The third-order valence-corrected chi connectivity index (χ3v) is 3.53. The minimum atomic E-state index is -0.462. The lowest BCUT2D eigenvalue weighted by Crippen LogP contribution is -2.41. The zero-order chi connectivity index (χ0) is 12.9. The van der Waals surface area contributed by atoms with E-state index in [1.165, 1.54) is 0 Å². The Hall–Kier alpha value is -1.92. The van der Waals surface area contributed by atoms with Crippen molar-refractivity contribution in [2.24, 2.45) is 5.92 Å². The smallest absolute Gasteiger partial charge is 0.246 e. The second-order valence-corrected chi connectivity index (χ2v) is 4.63. The van der Waals surface area contributed by atoms with E-state index in [2.05, 4.69) is 10.7 Å². The molecule has 2 aliphatic rings. The number of imide groups is 1. The summed E-state index contributed by atoms with van der Waals surface area (Å²) >= 11 is 0. The monoisotopic (exact) mass is 247 g/mol. The maximum Gasteiger partial charge on any atom is 0.246 e. The Morgan fingerprint density at radius 3 is 2.50 bits per heavy atom. The Labute approximate surface area is 104 Å². The van der Waals surface area contributed by atoms with E-state index in [-0.39, 0.29) is 23.6 Å². The van der Waals surface area contributed by atoms with Crippen molar-refractivity contribution >= 4 is 11.8 Å². The number of benzene rings is 1. The van der Waals surface area contributed by atoms with E-state index >= 15 is 0 Å². The Balaban J connectivity index is 1.96. The van der Waals surface area contributed by atoms with Crippen LogP contribution in [0.15, 0.2) is 24.3 Å². The van der Waals surface area contributed by atoms with Crippen molar-refractivity contribution in [1.29, 1.82) is 0 Å². The molecule has 1 aromatic carbocycles. The van der Waals surface area contributed by atoms with Crippen molar-refractivity contribution in [3.8, 4) is 5.75 Å². The average Bonchev–Trinajstić information content (AvgIpc) is 2.81. The summed E-state index contributed by atoms with van der Waals surface area (Å²) in [4.78, 5) is 23.5. The molecule has 6 heteroatoms. The van der Waals surface area contributed by atoms with Crippen molar-refractivity contribution in [1.82, 2.24) is 15.8 Å². The largest absolute Gasteiger partial charge is 0.508 e. The van der Waals surface area contributed by atoms with Crippen LogP contribution < -0.4 is 10.7 Å². The molecule has 94 valence electrons. The minimum absolute atomic E-state index is 0.175. The fraction of sp³-hybridized carbons (Fsp3) is 0.333. The molecule has 0 radical (unpaired) electrons. The van der Waals surface area contributed by atoms with Gasteiger partial charge in [0.15, 0.2) is 0 Å². The van der Waals surface area contributed by atoms with Crippen LogP contribution in [0, 0.1) is 5.92 Å². The molecule has 2 aliphatic heterocycles. The maximum atomic E-state index is 11.8. The van der Waals surface area contributed by atoms with Gasteiger partial charge in [-0.15, -0.1) is 0 Å². The van der Waals surface area contributed by atoms with Gasteiger partial charge in [0.05, 0.1) is 12.0 Å². The molecule has 6 nitrogen and oxygen atoms in total. The van der Waals surface area contributed by atoms with Gasteiger partial charge in [-0.25, -0.2) is 10.4 Å². The number of fused-ring (bicyclic) bond motifs is 1. The summed E-state index contributed by atoms with van der Waals surface area (Å²) in [6, 6.07) is 5.93. The molecule has 0 unspecified atom stereocenters. The predicted octanol–water partition coefficient (Wildman–Crippen LogP) is -0.476. The van der Waals surface area contributed by atoms with E-state index in [9.17, 15) is 14.7 Å². The molecule has 18 heavy (non-hydrogen) atoms. The number of nitrogens with zero attached hydrogens (tertiary/aromatic N) is 1. The molecule has 3 atom stereocenters. The molecule has 3 rings (SSSR count). The van der Waals surface area contributed by atoms with E-state index in [1.54, 1.807) is 36.3 Å². The van der Waals surface area contributed by atoms with E-state index < -0.39 is 12.0 Å². The fourth-order valence-corrected chi connectivity index (χ4v) is 2.68. The number of carbonyl (C=O) groups is 2. The van der Waals surface area contributed by atoms with Gasteiger partial charge in [-0.3, -0.25) is 14.9 Å². The van der Waals surface area contributed by atoms with Crippen LogP contribution in [0.25, 0.3) is 0 Å². The zero-order valence-electron chi connectivity index (χ0n) is 9.75. The summed E-state index contributed by atoms with van der Waals surface area (Å²) in [5.74, 6) is -0.762. The molecule has 1 aromatic rings. The Morgan fingerprint density at radius 2 is 1.83 bits per heavy atom. The number of phenolic OH excluding ortho intramolecular Hbond substituents is 1. The SMILES string of the molecule is CN1N[C@H](c2ccc(O)cc2)[C@@H]2C(=O)NC(=O)[C@@H]21. The van der Waals surface area contributed by atoms with Gasteiger partial charge in [0, 0.05) is 7.05 Å². The molecule has 0 aromatic heterocycles. The number of hydrogen-bond donors (Lipinski definition) is 3. The van der Waals surface area contributed by atoms with E-state index in [0.29, 0.717) is 0 Å². The molecule has 0 saturated carbocycles. The van der Waals surface area contributed by atoms with Crippen molar-refractivity contribution in [3.63, 3.8) is 0 Å². The van der Waals surface area contributed by atoms with Crippen LogP contribution in [0.3, 0.4) is 0 Å². The molecule has 0 aliphatic carbocycles. The van der Waals surface area contributed by atoms with Gasteiger partial charge < -0.3 is 5.11 Å². The number of rotatable bonds is 1. The van der Waals surface area contributed by atoms with Crippen molar-refractivity contribution in [2.45, 2.75) is 12.1 Å². The van der Waals surface area contributed by atoms with Crippen LogP contribution >= 0.6 is 0 Å². The molecule has 0 spiro atoms. The highest BCUT2D eigenvalue weighted by Crippen LogP contribution is 2.36. The number of hydrazine groups is 1. The Bertz CT molecular complexity index is 514. The first kappa shape index (κ1) is 11.2. The van der Waals surface area contributed by atoms with Crippen molar-refractivity contribution in [3.05, 3.63) is 29.8 Å². The fourth-order valence-electron chi connectivity index (χ4n) is 2.68. The van der Waals surface area contributed by atoms with Gasteiger partial charge >= 0.3 is 0 Å². The number of likely N-dealkylation sites (N-methyl/N-ethyl adjacent to an activating group) is 1. The minimum Gasteiger partial charge on any atom is -0.508 e. The molecule has 2 saturated heterocycles. The first-order chi connectivity index (χ1) is 8.58. The van der Waals surface area contributed by atoms with Crippen LogP contribution in [-0.4, -0.2) is 35.0 Å².